The van der Waals surface area contributed by atoms with Crippen molar-refractivity contribution >= 4 is 27.9 Å². The van der Waals surface area contributed by atoms with Crippen LogP contribution in [0.2, 0.25) is 0 Å². The molecule has 20 heavy (non-hydrogen) atoms. The standard InChI is InChI=1S/C14H25BrN2O3/c1-10(16-13(19)20-14(2,3)4)9-17(12(18)8-15)11-6-5-7-11/h10-11H,5-9H2,1-4H3,(H,16,19)/t10-/m1/s1. The number of halogens is 1. The van der Waals surface area contributed by atoms with Crippen LogP contribution in [-0.4, -0.2) is 46.5 Å². The highest BCUT2D eigenvalue weighted by molar-refractivity contribution is 9.09. The van der Waals surface area contributed by atoms with E-state index in [1.165, 1.54) is 6.42 Å². The average Bonchev–Trinajstić information content (AvgIpc) is 2.21. The second-order valence-electron chi connectivity index (χ2n) is 6.31. The predicted octanol–water partition coefficient (Wildman–Crippen LogP) is 2.68. The second kappa shape index (κ2) is 7.29. The van der Waals surface area contributed by atoms with Crippen molar-refractivity contribution in [3.8, 4) is 0 Å². The van der Waals surface area contributed by atoms with E-state index in [0.29, 0.717) is 17.9 Å². The summed E-state index contributed by atoms with van der Waals surface area (Å²) in [4.78, 5) is 25.5. The number of amides is 2. The molecule has 1 rings (SSSR count). The minimum Gasteiger partial charge on any atom is -0.444 e. The van der Waals surface area contributed by atoms with Crippen LogP contribution in [0.1, 0.15) is 47.0 Å². The number of nitrogens with zero attached hydrogens (tertiary/aromatic N) is 1. The van der Waals surface area contributed by atoms with E-state index in [-0.39, 0.29) is 11.9 Å². The molecular weight excluding hydrogens is 324 g/mol. The van der Waals surface area contributed by atoms with Crippen molar-refractivity contribution in [1.29, 1.82) is 0 Å². The monoisotopic (exact) mass is 348 g/mol. The van der Waals surface area contributed by atoms with Crippen molar-refractivity contribution in [2.45, 2.75) is 64.6 Å². The quantitative estimate of drug-likeness (QED) is 0.777. The lowest BCUT2D eigenvalue weighted by Gasteiger charge is -2.39. The number of alkyl carbamates (subject to hydrolysis) is 1. The van der Waals surface area contributed by atoms with Gasteiger partial charge in [-0.05, 0) is 47.0 Å². The van der Waals surface area contributed by atoms with Crippen molar-refractivity contribution < 1.29 is 14.3 Å². The topological polar surface area (TPSA) is 58.6 Å². The molecule has 0 aliphatic heterocycles. The van der Waals surface area contributed by atoms with Gasteiger partial charge in [0, 0.05) is 18.6 Å². The Bertz CT molecular complexity index is 351. The SMILES string of the molecule is C[C@H](CN(C(=O)CBr)C1CCC1)NC(=O)OC(C)(C)C. The van der Waals surface area contributed by atoms with Crippen LogP contribution in [0.25, 0.3) is 0 Å². The molecule has 0 aromatic carbocycles. The van der Waals surface area contributed by atoms with Crippen molar-refractivity contribution in [1.82, 2.24) is 10.2 Å². The number of nitrogens with one attached hydrogen (secondary N) is 1. The van der Waals surface area contributed by atoms with Gasteiger partial charge in [0.05, 0.1) is 5.33 Å². The van der Waals surface area contributed by atoms with Crippen molar-refractivity contribution in [3.63, 3.8) is 0 Å². The van der Waals surface area contributed by atoms with E-state index in [2.05, 4.69) is 21.2 Å². The maximum Gasteiger partial charge on any atom is 0.407 e. The fourth-order valence-electron chi connectivity index (χ4n) is 2.08. The first-order chi connectivity index (χ1) is 9.23. The highest BCUT2D eigenvalue weighted by atomic mass is 79.9. The highest BCUT2D eigenvalue weighted by Gasteiger charge is 2.29. The molecule has 116 valence electrons. The molecule has 0 aromatic rings. The number of rotatable bonds is 5. The Labute approximate surface area is 129 Å². The molecule has 5 nitrogen and oxygen atoms in total. The van der Waals surface area contributed by atoms with Gasteiger partial charge in [-0.2, -0.15) is 0 Å². The smallest absolute Gasteiger partial charge is 0.407 e. The lowest BCUT2D eigenvalue weighted by molar-refractivity contribution is -0.132. The Morgan fingerprint density at radius 2 is 2.00 bits per heavy atom. The highest BCUT2D eigenvalue weighted by Crippen LogP contribution is 2.25. The first-order valence-corrected chi connectivity index (χ1v) is 8.20. The van der Waals surface area contributed by atoms with Gasteiger partial charge < -0.3 is 15.0 Å². The number of carbonyl (C=O) groups is 2. The van der Waals surface area contributed by atoms with Crippen LogP contribution in [0.15, 0.2) is 0 Å². The van der Waals surface area contributed by atoms with Gasteiger partial charge in [-0.1, -0.05) is 15.9 Å². The number of ether oxygens (including phenoxy) is 1. The predicted molar refractivity (Wildman–Crippen MR) is 82.0 cm³/mol. The number of alkyl halides is 1. The van der Waals surface area contributed by atoms with Crippen LogP contribution < -0.4 is 5.32 Å². The van der Waals surface area contributed by atoms with Gasteiger partial charge in [0.1, 0.15) is 5.60 Å². The first-order valence-electron chi connectivity index (χ1n) is 7.08. The third-order valence-electron chi connectivity index (χ3n) is 3.18. The van der Waals surface area contributed by atoms with Gasteiger partial charge in [-0.15, -0.1) is 0 Å². The summed E-state index contributed by atoms with van der Waals surface area (Å²) in [6.07, 6.45) is 2.84. The summed E-state index contributed by atoms with van der Waals surface area (Å²) in [6, 6.07) is 0.191. The summed E-state index contributed by atoms with van der Waals surface area (Å²) in [5, 5.41) is 3.10. The van der Waals surface area contributed by atoms with E-state index in [9.17, 15) is 9.59 Å². The molecule has 0 spiro atoms. The van der Waals surface area contributed by atoms with Crippen LogP contribution in [0.4, 0.5) is 4.79 Å². The normalized spacial score (nSPS) is 17.1. The first kappa shape index (κ1) is 17.3. The Morgan fingerprint density at radius 1 is 1.40 bits per heavy atom. The van der Waals surface area contributed by atoms with Gasteiger partial charge in [-0.25, -0.2) is 4.79 Å². The minimum atomic E-state index is -0.511. The lowest BCUT2D eigenvalue weighted by atomic mass is 9.91. The summed E-state index contributed by atoms with van der Waals surface area (Å²) in [5.74, 6) is 0.0764. The molecule has 6 heteroatoms. The van der Waals surface area contributed by atoms with Gasteiger partial charge in [-0.3, -0.25) is 4.79 Å². The zero-order chi connectivity index (χ0) is 15.3. The number of carbonyl (C=O) groups excluding carboxylic acids is 2. The fraction of sp³-hybridized carbons (Fsp3) is 0.857. The Morgan fingerprint density at radius 3 is 2.40 bits per heavy atom. The van der Waals surface area contributed by atoms with Gasteiger partial charge in [0.2, 0.25) is 5.91 Å². The number of hydrogen-bond acceptors (Lipinski definition) is 3. The number of hydrogen-bond donors (Lipinski definition) is 1. The minimum absolute atomic E-state index is 0.0764. The third-order valence-corrected chi connectivity index (χ3v) is 3.66. The molecule has 1 N–H and O–H groups in total. The van der Waals surface area contributed by atoms with Gasteiger partial charge in [0.25, 0.3) is 0 Å². The van der Waals surface area contributed by atoms with E-state index < -0.39 is 11.7 Å². The average molecular weight is 349 g/mol. The van der Waals surface area contributed by atoms with E-state index in [1.54, 1.807) is 0 Å². The molecular formula is C14H25BrN2O3. The Hall–Kier alpha value is -0.780. The van der Waals surface area contributed by atoms with Crippen LogP contribution in [0.5, 0.6) is 0 Å². The fourth-order valence-corrected chi connectivity index (χ4v) is 2.40. The maximum atomic E-state index is 11.9. The van der Waals surface area contributed by atoms with E-state index in [1.807, 2.05) is 32.6 Å². The molecule has 1 saturated carbocycles. The molecule has 1 atom stereocenters. The Kier molecular flexibility index (Phi) is 6.30. The summed E-state index contributed by atoms with van der Waals surface area (Å²) in [5.41, 5.74) is -0.511. The van der Waals surface area contributed by atoms with E-state index in [0.717, 1.165) is 12.8 Å². The lowest BCUT2D eigenvalue weighted by Crippen LogP contribution is -2.51. The van der Waals surface area contributed by atoms with Crippen molar-refractivity contribution in [2.75, 3.05) is 11.9 Å². The van der Waals surface area contributed by atoms with Gasteiger partial charge in [0.15, 0.2) is 0 Å². The molecule has 0 unspecified atom stereocenters. The van der Waals surface area contributed by atoms with Crippen molar-refractivity contribution in [2.24, 2.45) is 0 Å². The van der Waals surface area contributed by atoms with E-state index in [4.69, 9.17) is 4.74 Å². The molecule has 2 amide bonds. The molecule has 1 aliphatic carbocycles. The molecule has 0 bridgehead atoms. The molecule has 0 heterocycles. The second-order valence-corrected chi connectivity index (χ2v) is 6.87. The van der Waals surface area contributed by atoms with Crippen LogP contribution >= 0.6 is 15.9 Å². The molecule has 1 fully saturated rings. The third kappa shape index (κ3) is 5.69. The van der Waals surface area contributed by atoms with E-state index >= 15 is 0 Å². The van der Waals surface area contributed by atoms with Crippen LogP contribution in [-0.2, 0) is 9.53 Å². The van der Waals surface area contributed by atoms with Crippen LogP contribution in [0, 0.1) is 0 Å². The summed E-state index contributed by atoms with van der Waals surface area (Å²) < 4.78 is 5.21. The summed E-state index contributed by atoms with van der Waals surface area (Å²) in [6.45, 7) is 7.89. The molecule has 0 radical (unpaired) electrons. The summed E-state index contributed by atoms with van der Waals surface area (Å²) in [7, 11) is 0. The molecule has 0 aromatic heterocycles. The molecule has 0 saturated heterocycles. The largest absolute Gasteiger partial charge is 0.444 e. The van der Waals surface area contributed by atoms with Crippen LogP contribution in [0.3, 0.4) is 0 Å². The van der Waals surface area contributed by atoms with Gasteiger partial charge >= 0.3 is 6.09 Å². The Balaban J connectivity index is 2.47. The zero-order valence-corrected chi connectivity index (χ0v) is 14.3. The molecule has 1 aliphatic rings. The maximum absolute atomic E-state index is 11.9. The summed E-state index contributed by atoms with van der Waals surface area (Å²) >= 11 is 3.21. The zero-order valence-electron chi connectivity index (χ0n) is 12.7. The van der Waals surface area contributed by atoms with Crippen molar-refractivity contribution in [3.05, 3.63) is 0 Å².